The Kier molecular flexibility index (Phi) is 5.49. The number of benzene rings is 1. The number of hydrogen-bond donors (Lipinski definition) is 1. The zero-order valence-electron chi connectivity index (χ0n) is 11.7. The predicted molar refractivity (Wildman–Crippen MR) is 79.8 cm³/mol. The zero-order chi connectivity index (χ0) is 14.4. The Morgan fingerprint density at radius 3 is 2.95 bits per heavy atom. The van der Waals surface area contributed by atoms with E-state index in [9.17, 15) is 4.39 Å². The standard InChI is InChI=1S/C15H19FN2OS/c1-3-7-18-12(14-9-17-10-20-14)8-11-5-4-6-13(19-2)15(11)16/h4-6,9-10,12,18H,3,7-8H2,1-2H3. The summed E-state index contributed by atoms with van der Waals surface area (Å²) < 4.78 is 19.3. The normalized spacial score (nSPS) is 12.3. The highest BCUT2D eigenvalue weighted by Crippen LogP contribution is 2.26. The lowest BCUT2D eigenvalue weighted by molar-refractivity contribution is 0.382. The molecule has 0 fully saturated rings. The number of aromatic nitrogens is 1. The molecule has 1 heterocycles. The summed E-state index contributed by atoms with van der Waals surface area (Å²) in [5.74, 6) is 0.0175. The van der Waals surface area contributed by atoms with Crippen molar-refractivity contribution in [3.8, 4) is 5.75 Å². The van der Waals surface area contributed by atoms with E-state index in [1.807, 2.05) is 12.3 Å². The lowest BCUT2D eigenvalue weighted by Gasteiger charge is -2.17. The number of methoxy groups -OCH3 is 1. The second-order valence-electron chi connectivity index (χ2n) is 4.55. The third-order valence-corrected chi connectivity index (χ3v) is 4.01. The number of ether oxygens (including phenoxy) is 1. The van der Waals surface area contributed by atoms with Gasteiger partial charge in [0.05, 0.1) is 12.6 Å². The van der Waals surface area contributed by atoms with Gasteiger partial charge in [0.2, 0.25) is 0 Å². The van der Waals surface area contributed by atoms with E-state index in [-0.39, 0.29) is 11.9 Å². The molecule has 1 atom stereocenters. The number of thiazole rings is 1. The number of halogens is 1. The summed E-state index contributed by atoms with van der Waals surface area (Å²) in [7, 11) is 1.48. The topological polar surface area (TPSA) is 34.1 Å². The van der Waals surface area contributed by atoms with Gasteiger partial charge in [0, 0.05) is 17.1 Å². The smallest absolute Gasteiger partial charge is 0.168 e. The molecule has 0 aliphatic rings. The van der Waals surface area contributed by atoms with Crippen molar-refractivity contribution in [2.75, 3.05) is 13.7 Å². The van der Waals surface area contributed by atoms with Crippen LogP contribution in [-0.4, -0.2) is 18.6 Å². The fraction of sp³-hybridized carbons (Fsp3) is 0.400. The van der Waals surface area contributed by atoms with Crippen LogP contribution in [0.25, 0.3) is 0 Å². The van der Waals surface area contributed by atoms with E-state index in [0.717, 1.165) is 17.8 Å². The Balaban J connectivity index is 2.19. The van der Waals surface area contributed by atoms with Gasteiger partial charge in [-0.25, -0.2) is 4.39 Å². The van der Waals surface area contributed by atoms with E-state index in [4.69, 9.17) is 4.74 Å². The van der Waals surface area contributed by atoms with Gasteiger partial charge < -0.3 is 10.1 Å². The average molecular weight is 294 g/mol. The van der Waals surface area contributed by atoms with Crippen LogP contribution in [0.1, 0.15) is 29.8 Å². The minimum absolute atomic E-state index is 0.0871. The Labute approximate surface area is 122 Å². The molecule has 1 unspecified atom stereocenters. The first-order valence-corrected chi connectivity index (χ1v) is 7.57. The molecule has 0 radical (unpaired) electrons. The van der Waals surface area contributed by atoms with Crippen LogP contribution in [-0.2, 0) is 6.42 Å². The molecule has 2 aromatic rings. The highest BCUT2D eigenvalue weighted by atomic mass is 32.1. The summed E-state index contributed by atoms with van der Waals surface area (Å²) in [5, 5.41) is 3.45. The first-order chi connectivity index (χ1) is 9.76. The number of nitrogens with zero attached hydrogens (tertiary/aromatic N) is 1. The van der Waals surface area contributed by atoms with E-state index >= 15 is 0 Å². The van der Waals surface area contributed by atoms with Gasteiger partial charge in [0.15, 0.2) is 11.6 Å². The highest BCUT2D eigenvalue weighted by molar-refractivity contribution is 7.09. The molecule has 1 N–H and O–H groups in total. The molecular formula is C15H19FN2OS. The van der Waals surface area contributed by atoms with Crippen molar-refractivity contribution < 1.29 is 9.13 Å². The minimum atomic E-state index is -0.275. The summed E-state index contributed by atoms with van der Waals surface area (Å²) in [6.07, 6.45) is 3.47. The van der Waals surface area contributed by atoms with Crippen molar-refractivity contribution >= 4 is 11.3 Å². The molecular weight excluding hydrogens is 275 g/mol. The van der Waals surface area contributed by atoms with Gasteiger partial charge in [-0.3, -0.25) is 4.98 Å². The second kappa shape index (κ2) is 7.36. The van der Waals surface area contributed by atoms with Gasteiger partial charge in [-0.2, -0.15) is 0 Å². The largest absolute Gasteiger partial charge is 0.494 e. The number of rotatable bonds is 7. The first kappa shape index (κ1) is 14.9. The summed E-state index contributed by atoms with van der Waals surface area (Å²) in [4.78, 5) is 5.23. The molecule has 0 aliphatic carbocycles. The Hall–Kier alpha value is -1.46. The van der Waals surface area contributed by atoms with Crippen LogP contribution < -0.4 is 10.1 Å². The quantitative estimate of drug-likeness (QED) is 0.847. The van der Waals surface area contributed by atoms with Crippen molar-refractivity contribution in [2.24, 2.45) is 0 Å². The predicted octanol–water partition coefficient (Wildman–Crippen LogP) is 3.57. The van der Waals surface area contributed by atoms with Crippen molar-refractivity contribution in [2.45, 2.75) is 25.8 Å². The van der Waals surface area contributed by atoms with Gasteiger partial charge in [0.1, 0.15) is 0 Å². The van der Waals surface area contributed by atoms with Crippen molar-refractivity contribution in [3.05, 3.63) is 46.2 Å². The van der Waals surface area contributed by atoms with Gasteiger partial charge >= 0.3 is 0 Å². The fourth-order valence-electron chi connectivity index (χ4n) is 2.08. The summed E-state index contributed by atoms with van der Waals surface area (Å²) in [6.45, 7) is 3.01. The van der Waals surface area contributed by atoms with E-state index in [1.54, 1.807) is 29.0 Å². The summed E-state index contributed by atoms with van der Waals surface area (Å²) >= 11 is 1.59. The molecule has 1 aromatic heterocycles. The lowest BCUT2D eigenvalue weighted by Crippen LogP contribution is -2.23. The first-order valence-electron chi connectivity index (χ1n) is 6.69. The third kappa shape index (κ3) is 3.55. The fourth-order valence-corrected chi connectivity index (χ4v) is 2.78. The molecule has 108 valence electrons. The SMILES string of the molecule is CCCNC(Cc1cccc(OC)c1F)c1cncs1. The maximum absolute atomic E-state index is 14.2. The van der Waals surface area contributed by atoms with E-state index in [1.165, 1.54) is 7.11 Å². The average Bonchev–Trinajstić information content (AvgIpc) is 2.99. The van der Waals surface area contributed by atoms with Crippen molar-refractivity contribution in [1.29, 1.82) is 0 Å². The van der Waals surface area contributed by atoms with Gasteiger partial charge in [0.25, 0.3) is 0 Å². The summed E-state index contributed by atoms with van der Waals surface area (Å²) in [5.41, 5.74) is 2.46. The molecule has 3 nitrogen and oxygen atoms in total. The Bertz CT molecular complexity index is 531. The maximum Gasteiger partial charge on any atom is 0.168 e. The molecule has 0 saturated carbocycles. The lowest BCUT2D eigenvalue weighted by atomic mass is 10.0. The minimum Gasteiger partial charge on any atom is -0.494 e. The van der Waals surface area contributed by atoms with Crippen molar-refractivity contribution in [3.63, 3.8) is 0 Å². The van der Waals surface area contributed by atoms with Crippen LogP contribution in [0.5, 0.6) is 5.75 Å². The summed E-state index contributed by atoms with van der Waals surface area (Å²) in [6, 6.07) is 5.35. The van der Waals surface area contributed by atoms with Crippen LogP contribution in [0.3, 0.4) is 0 Å². The van der Waals surface area contributed by atoms with Gasteiger partial charge in [-0.1, -0.05) is 19.1 Å². The molecule has 20 heavy (non-hydrogen) atoms. The molecule has 0 aliphatic heterocycles. The van der Waals surface area contributed by atoms with Gasteiger partial charge in [-0.05, 0) is 31.0 Å². The molecule has 2 rings (SSSR count). The molecule has 0 spiro atoms. The van der Waals surface area contributed by atoms with E-state index < -0.39 is 0 Å². The van der Waals surface area contributed by atoms with E-state index in [0.29, 0.717) is 17.7 Å². The third-order valence-electron chi connectivity index (χ3n) is 3.12. The number of nitrogens with one attached hydrogen (secondary N) is 1. The molecule has 1 aromatic carbocycles. The van der Waals surface area contributed by atoms with Crippen LogP contribution in [0, 0.1) is 5.82 Å². The van der Waals surface area contributed by atoms with Crippen LogP contribution in [0.4, 0.5) is 4.39 Å². The highest BCUT2D eigenvalue weighted by Gasteiger charge is 2.17. The monoisotopic (exact) mass is 294 g/mol. The van der Waals surface area contributed by atoms with Crippen LogP contribution >= 0.6 is 11.3 Å². The molecule has 0 amide bonds. The molecule has 0 saturated heterocycles. The Morgan fingerprint density at radius 1 is 1.45 bits per heavy atom. The Morgan fingerprint density at radius 2 is 2.30 bits per heavy atom. The second-order valence-corrected chi connectivity index (χ2v) is 5.47. The van der Waals surface area contributed by atoms with Gasteiger partial charge in [-0.15, -0.1) is 11.3 Å². The van der Waals surface area contributed by atoms with Crippen molar-refractivity contribution in [1.82, 2.24) is 10.3 Å². The molecule has 5 heteroatoms. The maximum atomic E-state index is 14.2. The van der Waals surface area contributed by atoms with E-state index in [2.05, 4.69) is 17.2 Å². The zero-order valence-corrected chi connectivity index (χ0v) is 12.5. The molecule has 0 bridgehead atoms. The van der Waals surface area contributed by atoms with Crippen LogP contribution in [0.2, 0.25) is 0 Å². The number of hydrogen-bond acceptors (Lipinski definition) is 4. The van der Waals surface area contributed by atoms with Crippen LogP contribution in [0.15, 0.2) is 29.9 Å².